The number of allylic oxidation sites excluding steroid dienone is 3. The van der Waals surface area contributed by atoms with Crippen LogP contribution in [0.4, 0.5) is 0 Å². The van der Waals surface area contributed by atoms with Gasteiger partial charge in [0, 0.05) is 32.4 Å². The summed E-state index contributed by atoms with van der Waals surface area (Å²) in [7, 11) is 0. The Kier molecular flexibility index (Phi) is 17.6. The summed E-state index contributed by atoms with van der Waals surface area (Å²) in [6.45, 7) is 14.2. The van der Waals surface area contributed by atoms with Crippen LogP contribution in [0.2, 0.25) is 0 Å². The Morgan fingerprint density at radius 2 is 1.64 bits per heavy atom. The fraction of sp³-hybridized carbons (Fsp3) is 0.825. The van der Waals surface area contributed by atoms with Crippen molar-refractivity contribution < 1.29 is 38.8 Å². The highest BCUT2D eigenvalue weighted by Crippen LogP contribution is 2.43. The number of aliphatic hydroxyl groups excluding tert-OH is 2. The third kappa shape index (κ3) is 13.8. The van der Waals surface area contributed by atoms with Gasteiger partial charge in [-0.2, -0.15) is 0 Å². The summed E-state index contributed by atoms with van der Waals surface area (Å²) in [5, 5.41) is 26.2. The molecule has 0 radical (unpaired) electrons. The van der Waals surface area contributed by atoms with Gasteiger partial charge in [-0.05, 0) is 108 Å². The first kappa shape index (κ1) is 42.3. The van der Waals surface area contributed by atoms with E-state index in [2.05, 4.69) is 30.6 Å². The highest BCUT2D eigenvalue weighted by molar-refractivity contribution is 5.89. The molecule has 0 aliphatic carbocycles. The van der Waals surface area contributed by atoms with Crippen LogP contribution < -0.4 is 10.6 Å². The molecule has 286 valence electrons. The number of ether oxygens (including phenoxy) is 3. The molecular formula is C40H68N2O8. The lowest BCUT2D eigenvalue weighted by Gasteiger charge is -2.48. The van der Waals surface area contributed by atoms with Gasteiger partial charge in [-0.1, -0.05) is 39.8 Å². The third-order valence-corrected chi connectivity index (χ3v) is 11.2. The Bertz CT molecular complexity index is 1140. The molecule has 0 saturated carbocycles. The van der Waals surface area contributed by atoms with Crippen LogP contribution in [-0.4, -0.2) is 83.3 Å². The van der Waals surface area contributed by atoms with E-state index in [4.69, 9.17) is 14.2 Å². The van der Waals surface area contributed by atoms with Gasteiger partial charge in [-0.25, -0.2) is 0 Å². The summed E-state index contributed by atoms with van der Waals surface area (Å²) in [5.74, 6) is -0.680. The summed E-state index contributed by atoms with van der Waals surface area (Å²) in [6.07, 6.45) is 14.5. The first-order valence-corrected chi connectivity index (χ1v) is 19.5. The van der Waals surface area contributed by atoms with Gasteiger partial charge in [0.25, 0.3) is 0 Å². The first-order valence-electron chi connectivity index (χ1n) is 19.5. The van der Waals surface area contributed by atoms with Crippen LogP contribution in [0, 0.1) is 23.7 Å². The summed E-state index contributed by atoms with van der Waals surface area (Å²) in [5.41, 5.74) is 1.01. The minimum atomic E-state index is -1.02. The summed E-state index contributed by atoms with van der Waals surface area (Å²) >= 11 is 0. The highest BCUT2D eigenvalue weighted by atomic mass is 16.7. The van der Waals surface area contributed by atoms with E-state index in [0.29, 0.717) is 24.8 Å². The predicted octanol–water partition coefficient (Wildman–Crippen LogP) is 5.93. The van der Waals surface area contributed by atoms with Crippen molar-refractivity contribution >= 4 is 17.6 Å². The van der Waals surface area contributed by atoms with Crippen LogP contribution in [0.5, 0.6) is 0 Å². The van der Waals surface area contributed by atoms with E-state index in [1.807, 2.05) is 20.8 Å². The molecule has 3 aliphatic heterocycles. The molecule has 3 heterocycles. The maximum Gasteiger partial charge on any atom is 0.225 e. The Morgan fingerprint density at radius 3 is 2.36 bits per heavy atom. The van der Waals surface area contributed by atoms with E-state index in [-0.39, 0.29) is 60.9 Å². The molecule has 10 heteroatoms. The molecule has 3 fully saturated rings. The van der Waals surface area contributed by atoms with Crippen LogP contribution in [0.1, 0.15) is 132 Å². The normalized spacial score (nSPS) is 31.6. The van der Waals surface area contributed by atoms with Crippen molar-refractivity contribution in [2.75, 3.05) is 13.1 Å². The molecule has 50 heavy (non-hydrogen) atoms. The minimum Gasteiger partial charge on any atom is -0.390 e. The maximum atomic E-state index is 12.9. The molecule has 0 aromatic carbocycles. The molecule has 3 aliphatic rings. The lowest BCUT2D eigenvalue weighted by atomic mass is 9.85. The van der Waals surface area contributed by atoms with E-state index in [1.165, 1.54) is 0 Å². The molecule has 11 atom stereocenters. The van der Waals surface area contributed by atoms with Crippen molar-refractivity contribution in [2.45, 2.75) is 174 Å². The fourth-order valence-electron chi connectivity index (χ4n) is 7.51. The number of hydrogen-bond acceptors (Lipinski definition) is 8. The van der Waals surface area contributed by atoms with Gasteiger partial charge >= 0.3 is 0 Å². The monoisotopic (exact) mass is 704 g/mol. The highest BCUT2D eigenvalue weighted by Gasteiger charge is 2.44. The van der Waals surface area contributed by atoms with Gasteiger partial charge < -0.3 is 35.1 Å². The number of nitrogens with one attached hydrogen (secondary N) is 2. The number of aliphatic hydroxyl groups is 2. The third-order valence-electron chi connectivity index (χ3n) is 11.2. The van der Waals surface area contributed by atoms with Gasteiger partial charge in [0.05, 0.1) is 49.0 Å². The van der Waals surface area contributed by atoms with E-state index < -0.39 is 23.9 Å². The zero-order valence-electron chi connectivity index (χ0n) is 32.0. The summed E-state index contributed by atoms with van der Waals surface area (Å²) in [6, 6.07) is 0. The van der Waals surface area contributed by atoms with Crippen molar-refractivity contribution in [1.29, 1.82) is 0 Å². The largest absolute Gasteiger partial charge is 0.390 e. The zero-order chi connectivity index (χ0) is 36.8. The first-order chi connectivity index (χ1) is 23.7. The second-order valence-electron chi connectivity index (χ2n) is 15.7. The topological polar surface area (TPSA) is 143 Å². The lowest BCUT2D eigenvalue weighted by Crippen LogP contribution is -2.50. The molecule has 0 aromatic rings. The second kappa shape index (κ2) is 20.8. The Balaban J connectivity index is 1.36. The second-order valence-corrected chi connectivity index (χ2v) is 15.7. The van der Waals surface area contributed by atoms with E-state index in [1.54, 1.807) is 26.0 Å². The molecule has 0 bridgehead atoms. The number of rotatable bonds is 18. The average Bonchev–Trinajstić information content (AvgIpc) is 3.07. The van der Waals surface area contributed by atoms with Crippen LogP contribution >= 0.6 is 0 Å². The van der Waals surface area contributed by atoms with Gasteiger partial charge in [0.1, 0.15) is 0 Å². The minimum absolute atomic E-state index is 0.0223. The molecule has 0 aromatic heterocycles. The van der Waals surface area contributed by atoms with Crippen LogP contribution in [0.15, 0.2) is 23.8 Å². The number of hydrogen-bond donors (Lipinski definition) is 4. The van der Waals surface area contributed by atoms with Gasteiger partial charge in [-0.3, -0.25) is 14.4 Å². The standard InChI is InChI=1S/C40H68N2O8/c1-8-11-32(44)23-34-17-15-27(3)37(48-34)24-38(46)42-25-35(45)30(6)39(47)41-21-10-13-36-28(4)18-20-40(50-36)19-9-12-33(49-40)16-14-26(2)22-29(5)31(7)43/h8,11,22,26-28,30-31,33-37,43,45H,9-10,12-21,23-25H2,1-7H3,(H,41,47)(H,42,46)/b11-8+,29-22+/t26-,27?,28?,30-,31-,33-,34?,35-,36+,37?,40-/m0/s1. The molecule has 3 rings (SSSR count). The van der Waals surface area contributed by atoms with Crippen molar-refractivity contribution in [3.05, 3.63) is 23.8 Å². The summed E-state index contributed by atoms with van der Waals surface area (Å²) in [4.78, 5) is 37.6. The molecule has 10 nitrogen and oxygen atoms in total. The smallest absolute Gasteiger partial charge is 0.225 e. The summed E-state index contributed by atoms with van der Waals surface area (Å²) < 4.78 is 19.5. The maximum absolute atomic E-state index is 12.9. The lowest BCUT2D eigenvalue weighted by molar-refractivity contribution is -0.324. The van der Waals surface area contributed by atoms with E-state index in [9.17, 15) is 24.6 Å². The number of ketones is 1. The fourth-order valence-corrected chi connectivity index (χ4v) is 7.51. The number of carbonyl (C=O) groups excluding carboxylic acids is 3. The van der Waals surface area contributed by atoms with Crippen molar-refractivity contribution in [3.8, 4) is 0 Å². The Morgan fingerprint density at radius 1 is 0.900 bits per heavy atom. The van der Waals surface area contributed by atoms with Crippen LogP contribution in [0.25, 0.3) is 0 Å². The number of amides is 2. The predicted molar refractivity (Wildman–Crippen MR) is 195 cm³/mol. The molecule has 4 N–H and O–H groups in total. The average molecular weight is 705 g/mol. The van der Waals surface area contributed by atoms with Gasteiger partial charge in [0.2, 0.25) is 11.8 Å². The molecule has 3 saturated heterocycles. The van der Waals surface area contributed by atoms with Crippen LogP contribution in [-0.2, 0) is 28.6 Å². The zero-order valence-corrected chi connectivity index (χ0v) is 32.0. The molecular weight excluding hydrogens is 636 g/mol. The molecule has 4 unspecified atom stereocenters. The molecule has 1 spiro atoms. The van der Waals surface area contributed by atoms with Crippen LogP contribution in [0.3, 0.4) is 0 Å². The van der Waals surface area contributed by atoms with Crippen molar-refractivity contribution in [1.82, 2.24) is 10.6 Å². The van der Waals surface area contributed by atoms with Crippen molar-refractivity contribution in [3.63, 3.8) is 0 Å². The SMILES string of the molecule is C/C=C/C(=O)CC1CCC(C)C(CC(=O)NC[C@H](O)[C@H](C)C(=O)NCCC[C@H]2O[C@@]3(CCC[C@@H](CC[C@H](C)/C=C(\C)[C@H](C)O)O3)CCC2C)O1. The number of carbonyl (C=O) groups is 3. The Hall–Kier alpha value is -2.11. The van der Waals surface area contributed by atoms with E-state index in [0.717, 1.165) is 76.2 Å². The van der Waals surface area contributed by atoms with E-state index >= 15 is 0 Å². The quantitative estimate of drug-likeness (QED) is 0.0782. The van der Waals surface area contributed by atoms with Gasteiger partial charge in [-0.15, -0.1) is 0 Å². The molecule has 2 amide bonds. The Labute approximate surface area is 301 Å². The van der Waals surface area contributed by atoms with Crippen molar-refractivity contribution in [2.24, 2.45) is 23.7 Å². The van der Waals surface area contributed by atoms with Gasteiger partial charge in [0.15, 0.2) is 11.6 Å².